The van der Waals surface area contributed by atoms with Crippen LogP contribution in [0.25, 0.3) is 11.8 Å². The van der Waals surface area contributed by atoms with Crippen molar-refractivity contribution < 1.29 is 9.18 Å². The molecule has 0 aliphatic rings. The Balaban J connectivity index is 3.26. The molecule has 1 aromatic carbocycles. The fourth-order valence-electron chi connectivity index (χ4n) is 2.41. The third kappa shape index (κ3) is 6.51. The molecule has 0 aliphatic carbocycles. The van der Waals surface area contributed by atoms with E-state index in [1.54, 1.807) is 13.0 Å². The van der Waals surface area contributed by atoms with Gasteiger partial charge in [0.25, 0.3) is 5.91 Å². The number of alkyl halides is 1. The van der Waals surface area contributed by atoms with Gasteiger partial charge in [0.05, 0.1) is 5.69 Å². The molecule has 0 unspecified atom stereocenters. The fraction of sp³-hybridized carbons (Fsp3) is 0.364. The molecule has 0 bridgehead atoms. The summed E-state index contributed by atoms with van der Waals surface area (Å²) in [5, 5.41) is 2.50. The Morgan fingerprint density at radius 2 is 2.07 bits per heavy atom. The van der Waals surface area contributed by atoms with Gasteiger partial charge >= 0.3 is 0 Å². The van der Waals surface area contributed by atoms with Gasteiger partial charge in [-0.2, -0.15) is 0 Å². The van der Waals surface area contributed by atoms with Gasteiger partial charge < -0.3 is 10.2 Å². The number of amidine groups is 1. The topological polar surface area (TPSA) is 44.7 Å². The summed E-state index contributed by atoms with van der Waals surface area (Å²) in [4.78, 5) is 18.3. The lowest BCUT2D eigenvalue weighted by Gasteiger charge is -2.19. The van der Waals surface area contributed by atoms with Gasteiger partial charge in [0, 0.05) is 12.7 Å². The Morgan fingerprint density at radius 3 is 2.59 bits per heavy atom. The number of hydrogen-bond donors (Lipinski definition) is 1. The van der Waals surface area contributed by atoms with Gasteiger partial charge in [-0.25, -0.2) is 9.38 Å². The molecular weight excluding hydrogens is 341 g/mol. The number of carbonyl (C=O) groups excluding carboxylic acids is 1. The second kappa shape index (κ2) is 9.86. The molecule has 0 saturated heterocycles. The number of nitrogens with one attached hydrogen (secondary N) is 1. The lowest BCUT2D eigenvalue weighted by molar-refractivity contribution is -0.129. The first-order valence-electron chi connectivity index (χ1n) is 9.02. The first-order valence-corrected chi connectivity index (χ1v) is 9.02. The van der Waals surface area contributed by atoms with E-state index in [1.165, 1.54) is 13.8 Å². The largest absolute Gasteiger partial charge is 0.351 e. The second-order valence-corrected chi connectivity index (χ2v) is 6.68. The highest BCUT2D eigenvalue weighted by Gasteiger charge is 2.26. The van der Waals surface area contributed by atoms with Crippen molar-refractivity contribution in [2.45, 2.75) is 46.7 Å². The quantitative estimate of drug-likeness (QED) is 0.511. The van der Waals surface area contributed by atoms with Crippen LogP contribution in [0.4, 0.5) is 10.1 Å². The number of nitrogens with zero attached hydrogens (tertiary/aromatic N) is 2. The maximum atomic E-state index is 13.7. The molecule has 0 aliphatic heterocycles. The molecule has 146 valence electrons. The van der Waals surface area contributed by atoms with Crippen molar-refractivity contribution >= 4 is 29.2 Å². The van der Waals surface area contributed by atoms with Crippen LogP contribution in [0.3, 0.4) is 0 Å². The number of amides is 1. The van der Waals surface area contributed by atoms with Crippen molar-refractivity contribution in [1.29, 1.82) is 0 Å². The van der Waals surface area contributed by atoms with Crippen LogP contribution >= 0.6 is 0 Å². The number of carbonyl (C=O) groups is 1. The zero-order valence-electron chi connectivity index (χ0n) is 17.1. The summed E-state index contributed by atoms with van der Waals surface area (Å²) in [5.41, 5.74) is 1.53. The van der Waals surface area contributed by atoms with Crippen LogP contribution in [-0.2, 0) is 4.79 Å². The first-order chi connectivity index (χ1) is 12.6. The maximum Gasteiger partial charge on any atom is 0.262 e. The molecule has 27 heavy (non-hydrogen) atoms. The van der Waals surface area contributed by atoms with Gasteiger partial charge in [0.2, 0.25) is 0 Å². The predicted octanol–water partition coefficient (Wildman–Crippen LogP) is 5.46. The maximum absolute atomic E-state index is 13.7. The summed E-state index contributed by atoms with van der Waals surface area (Å²) in [5.74, 6) is -0.397. The van der Waals surface area contributed by atoms with Crippen LogP contribution in [-0.4, -0.2) is 29.4 Å². The summed E-state index contributed by atoms with van der Waals surface area (Å²) in [6.45, 7) is 11.9. The number of halogens is 1. The number of aliphatic imine (C=N–C) groups is 1. The molecule has 1 N–H and O–H groups in total. The van der Waals surface area contributed by atoms with Crippen LogP contribution in [0.1, 0.15) is 52.2 Å². The van der Waals surface area contributed by atoms with Crippen molar-refractivity contribution in [3.8, 4) is 0 Å². The minimum absolute atomic E-state index is 0.326. The number of benzene rings is 1. The summed E-state index contributed by atoms with van der Waals surface area (Å²) in [7, 11) is 1.99. The highest BCUT2D eigenvalue weighted by molar-refractivity contribution is 6.01. The van der Waals surface area contributed by atoms with E-state index >= 15 is 0 Å². The Morgan fingerprint density at radius 1 is 1.41 bits per heavy atom. The highest BCUT2D eigenvalue weighted by atomic mass is 19.1. The Kier molecular flexibility index (Phi) is 8.16. The van der Waals surface area contributed by atoms with Gasteiger partial charge in [-0.15, -0.1) is 0 Å². The number of hydrogen-bond acceptors (Lipinski definition) is 3. The Hall–Kier alpha value is -2.69. The average Bonchev–Trinajstić information content (AvgIpc) is 2.59. The smallest absolute Gasteiger partial charge is 0.262 e. The SMILES string of the molecule is C=Cc1ccc(/C(=C/C)N(C)/C=C/CC)cc1N=C(C)NC(=O)C(C)(C)F. The van der Waals surface area contributed by atoms with E-state index in [0.717, 1.165) is 23.2 Å². The summed E-state index contributed by atoms with van der Waals surface area (Å²) >= 11 is 0. The minimum Gasteiger partial charge on any atom is -0.351 e. The third-order valence-corrected chi connectivity index (χ3v) is 3.89. The number of rotatable bonds is 7. The minimum atomic E-state index is -1.97. The van der Waals surface area contributed by atoms with Crippen molar-refractivity contribution in [3.05, 3.63) is 54.3 Å². The summed E-state index contributed by atoms with van der Waals surface area (Å²) in [6, 6.07) is 5.86. The van der Waals surface area contributed by atoms with E-state index in [-0.39, 0.29) is 0 Å². The molecule has 0 saturated carbocycles. The Labute approximate surface area is 162 Å². The van der Waals surface area contributed by atoms with Crippen LogP contribution in [0.2, 0.25) is 0 Å². The van der Waals surface area contributed by atoms with Crippen molar-refractivity contribution in [2.75, 3.05) is 7.05 Å². The highest BCUT2D eigenvalue weighted by Crippen LogP contribution is 2.27. The zero-order valence-corrected chi connectivity index (χ0v) is 17.1. The van der Waals surface area contributed by atoms with Crippen LogP contribution in [0.15, 0.2) is 48.1 Å². The van der Waals surface area contributed by atoms with Crippen LogP contribution in [0.5, 0.6) is 0 Å². The van der Waals surface area contributed by atoms with Gasteiger partial charge in [-0.05, 0) is 57.5 Å². The molecule has 1 aromatic rings. The summed E-state index contributed by atoms with van der Waals surface area (Å²) < 4.78 is 13.7. The van der Waals surface area contributed by atoms with Crippen LogP contribution < -0.4 is 5.32 Å². The monoisotopic (exact) mass is 371 g/mol. The lowest BCUT2D eigenvalue weighted by Crippen LogP contribution is -2.41. The normalized spacial score (nSPS) is 13.0. The molecule has 0 aromatic heterocycles. The van der Waals surface area contributed by atoms with Crippen molar-refractivity contribution in [1.82, 2.24) is 10.2 Å². The van der Waals surface area contributed by atoms with Crippen LogP contribution in [0, 0.1) is 0 Å². The van der Waals surface area contributed by atoms with E-state index in [2.05, 4.69) is 29.9 Å². The molecule has 5 heteroatoms. The Bertz CT molecular complexity index is 770. The zero-order chi connectivity index (χ0) is 20.6. The van der Waals surface area contributed by atoms with Crippen molar-refractivity contribution in [3.63, 3.8) is 0 Å². The molecule has 0 atom stereocenters. The van der Waals surface area contributed by atoms with Gasteiger partial charge in [-0.1, -0.05) is 43.9 Å². The van der Waals surface area contributed by atoms with E-state index in [4.69, 9.17) is 0 Å². The van der Waals surface area contributed by atoms with Gasteiger partial charge in [-0.3, -0.25) is 4.79 Å². The standard InChI is InChI=1S/C22H30FN3O/c1-8-11-14-26(7)20(10-3)18-13-12-17(9-2)19(15-18)24-16(4)25-21(27)22(5,6)23/h9-15H,2,8H2,1,3-7H3,(H,24,25,27)/b14-11+,20-10-. The van der Waals surface area contributed by atoms with Crippen molar-refractivity contribution in [2.24, 2.45) is 4.99 Å². The molecule has 0 spiro atoms. The molecule has 4 nitrogen and oxygen atoms in total. The molecule has 1 amide bonds. The second-order valence-electron chi connectivity index (χ2n) is 6.68. The molecule has 1 rings (SSSR count). The first kappa shape index (κ1) is 22.4. The number of allylic oxidation sites excluding steroid dienone is 2. The fourth-order valence-corrected chi connectivity index (χ4v) is 2.41. The molecular formula is C22H30FN3O. The average molecular weight is 372 g/mol. The van der Waals surface area contributed by atoms with Gasteiger partial charge in [0.1, 0.15) is 5.84 Å². The van der Waals surface area contributed by atoms with Gasteiger partial charge in [0.15, 0.2) is 5.67 Å². The molecule has 0 heterocycles. The van der Waals surface area contributed by atoms with E-state index < -0.39 is 11.6 Å². The predicted molar refractivity (Wildman–Crippen MR) is 113 cm³/mol. The third-order valence-electron chi connectivity index (χ3n) is 3.89. The molecule has 0 radical (unpaired) electrons. The van der Waals surface area contributed by atoms with E-state index in [9.17, 15) is 9.18 Å². The molecule has 0 fully saturated rings. The lowest BCUT2D eigenvalue weighted by atomic mass is 10.1. The van der Waals surface area contributed by atoms with E-state index in [1.807, 2.05) is 49.3 Å². The summed E-state index contributed by atoms with van der Waals surface area (Å²) in [6.07, 6.45) is 8.78. The van der Waals surface area contributed by atoms with E-state index in [0.29, 0.717) is 11.5 Å².